The number of benzene rings is 2. The molecule has 2 aromatic carbocycles. The summed E-state index contributed by atoms with van der Waals surface area (Å²) in [6.45, 7) is -2.51. The highest BCUT2D eigenvalue weighted by molar-refractivity contribution is 5.43. The van der Waals surface area contributed by atoms with E-state index in [1.807, 2.05) is 0 Å². The van der Waals surface area contributed by atoms with Crippen molar-refractivity contribution < 1.29 is 32.1 Å². The molecule has 0 bridgehead atoms. The van der Waals surface area contributed by atoms with Gasteiger partial charge in [-0.15, -0.1) is 0 Å². The predicted octanol–water partition coefficient (Wildman–Crippen LogP) is 4.85. The molecule has 0 heterocycles. The number of aromatic hydroxyl groups is 1. The maximum Gasteiger partial charge on any atom is 0.387 e. The van der Waals surface area contributed by atoms with Crippen LogP contribution in [-0.2, 0) is 12.8 Å². The molecule has 0 aliphatic heterocycles. The molecular weight excluding hydrogens is 352 g/mol. The standard InChI is InChI=1S/C19H18F4O3/c20-14-7-13(8-15(21)18(14)24)4-1-11-5-6-16(26-19(22)23)17(9-11)25-10-12-2-3-12/h5-9,12,19,24H,1-4,10H2. The first-order valence-corrected chi connectivity index (χ1v) is 8.30. The molecule has 1 N–H and O–H groups in total. The third kappa shape index (κ3) is 4.80. The van der Waals surface area contributed by atoms with Crippen molar-refractivity contribution in [1.29, 1.82) is 0 Å². The molecule has 140 valence electrons. The van der Waals surface area contributed by atoms with Crippen LogP contribution in [0.2, 0.25) is 0 Å². The second-order valence-electron chi connectivity index (χ2n) is 6.32. The minimum absolute atomic E-state index is 0.0360. The summed E-state index contributed by atoms with van der Waals surface area (Å²) in [5.74, 6) is -2.40. The van der Waals surface area contributed by atoms with Gasteiger partial charge in [0.1, 0.15) is 0 Å². The van der Waals surface area contributed by atoms with E-state index in [0.29, 0.717) is 30.9 Å². The zero-order valence-corrected chi connectivity index (χ0v) is 13.9. The Kier molecular flexibility index (Phi) is 5.54. The molecule has 1 aliphatic carbocycles. The van der Waals surface area contributed by atoms with E-state index in [1.165, 1.54) is 6.07 Å². The number of phenolic OH excluding ortho intramolecular Hbond substituents is 1. The molecule has 26 heavy (non-hydrogen) atoms. The Balaban J connectivity index is 1.71. The molecule has 0 unspecified atom stereocenters. The smallest absolute Gasteiger partial charge is 0.387 e. The number of aryl methyl sites for hydroxylation is 2. The van der Waals surface area contributed by atoms with Gasteiger partial charge in [-0.1, -0.05) is 6.07 Å². The number of phenols is 1. The van der Waals surface area contributed by atoms with Gasteiger partial charge >= 0.3 is 6.61 Å². The highest BCUT2D eigenvalue weighted by Gasteiger charge is 2.23. The first kappa shape index (κ1) is 18.4. The van der Waals surface area contributed by atoms with Crippen molar-refractivity contribution in [3.05, 3.63) is 53.1 Å². The third-order valence-electron chi connectivity index (χ3n) is 4.17. The molecular formula is C19H18F4O3. The molecule has 1 aliphatic rings. The maximum atomic E-state index is 13.4. The van der Waals surface area contributed by atoms with Gasteiger partial charge in [0, 0.05) is 0 Å². The summed E-state index contributed by atoms with van der Waals surface area (Å²) in [7, 11) is 0. The quantitative estimate of drug-likeness (QED) is 0.676. The Bertz CT molecular complexity index is 752. The van der Waals surface area contributed by atoms with Crippen LogP contribution in [-0.4, -0.2) is 18.3 Å². The van der Waals surface area contributed by atoms with Crippen LogP contribution < -0.4 is 9.47 Å². The largest absolute Gasteiger partial charge is 0.503 e. The Morgan fingerprint density at radius 3 is 2.23 bits per heavy atom. The fraction of sp³-hybridized carbons (Fsp3) is 0.368. The molecule has 0 amide bonds. The number of rotatable bonds is 8. The van der Waals surface area contributed by atoms with E-state index in [1.54, 1.807) is 12.1 Å². The van der Waals surface area contributed by atoms with Gasteiger partial charge in [-0.2, -0.15) is 8.78 Å². The van der Waals surface area contributed by atoms with Crippen molar-refractivity contribution >= 4 is 0 Å². The van der Waals surface area contributed by atoms with Crippen LogP contribution >= 0.6 is 0 Å². The molecule has 3 nitrogen and oxygen atoms in total. The van der Waals surface area contributed by atoms with Crippen molar-refractivity contribution in [2.45, 2.75) is 32.3 Å². The van der Waals surface area contributed by atoms with Crippen LogP contribution in [0.5, 0.6) is 17.2 Å². The Labute approximate surface area is 148 Å². The van der Waals surface area contributed by atoms with E-state index in [4.69, 9.17) is 9.84 Å². The van der Waals surface area contributed by atoms with Gasteiger partial charge in [-0.3, -0.25) is 0 Å². The van der Waals surface area contributed by atoms with Gasteiger partial charge in [-0.05, 0) is 67.0 Å². The van der Waals surface area contributed by atoms with E-state index in [9.17, 15) is 17.6 Å². The Hall–Kier alpha value is -2.44. The number of alkyl halides is 2. The summed E-state index contributed by atoms with van der Waals surface area (Å²) < 4.78 is 61.9. The van der Waals surface area contributed by atoms with Crippen LogP contribution in [0.15, 0.2) is 30.3 Å². The van der Waals surface area contributed by atoms with E-state index in [2.05, 4.69) is 4.74 Å². The number of hydrogen-bond acceptors (Lipinski definition) is 3. The van der Waals surface area contributed by atoms with Crippen LogP contribution in [0.25, 0.3) is 0 Å². The summed E-state index contributed by atoms with van der Waals surface area (Å²) in [5, 5.41) is 9.12. The molecule has 1 saturated carbocycles. The lowest BCUT2D eigenvalue weighted by atomic mass is 10.0. The summed E-state index contributed by atoms with van der Waals surface area (Å²) in [5.41, 5.74) is 1.14. The minimum atomic E-state index is -2.95. The molecule has 1 fully saturated rings. The topological polar surface area (TPSA) is 38.7 Å². The zero-order chi connectivity index (χ0) is 18.7. The monoisotopic (exact) mass is 370 g/mol. The van der Waals surface area contributed by atoms with E-state index in [0.717, 1.165) is 30.5 Å². The molecule has 0 aromatic heterocycles. The van der Waals surface area contributed by atoms with Crippen LogP contribution in [0, 0.1) is 17.6 Å². The second kappa shape index (κ2) is 7.85. The molecule has 7 heteroatoms. The Morgan fingerprint density at radius 2 is 1.62 bits per heavy atom. The SMILES string of the molecule is Oc1c(F)cc(CCc2ccc(OC(F)F)c(OCC3CC3)c2)cc1F. The van der Waals surface area contributed by atoms with Crippen molar-refractivity contribution in [3.8, 4) is 17.2 Å². The summed E-state index contributed by atoms with van der Waals surface area (Å²) in [4.78, 5) is 0. The predicted molar refractivity (Wildman–Crippen MR) is 86.7 cm³/mol. The lowest BCUT2D eigenvalue weighted by Gasteiger charge is -2.14. The Morgan fingerprint density at radius 1 is 0.962 bits per heavy atom. The van der Waals surface area contributed by atoms with Gasteiger partial charge in [0.2, 0.25) is 0 Å². The fourth-order valence-corrected chi connectivity index (χ4v) is 2.56. The van der Waals surface area contributed by atoms with E-state index in [-0.39, 0.29) is 11.5 Å². The van der Waals surface area contributed by atoms with Crippen LogP contribution in [0.4, 0.5) is 17.6 Å². The van der Waals surface area contributed by atoms with Crippen molar-refractivity contribution in [1.82, 2.24) is 0 Å². The molecule has 0 atom stereocenters. The zero-order valence-electron chi connectivity index (χ0n) is 13.9. The van der Waals surface area contributed by atoms with Crippen molar-refractivity contribution in [3.63, 3.8) is 0 Å². The van der Waals surface area contributed by atoms with Gasteiger partial charge in [0.25, 0.3) is 0 Å². The number of ether oxygens (including phenoxy) is 2. The van der Waals surface area contributed by atoms with E-state index < -0.39 is 24.0 Å². The highest BCUT2D eigenvalue weighted by atomic mass is 19.3. The molecule has 0 saturated heterocycles. The average molecular weight is 370 g/mol. The second-order valence-corrected chi connectivity index (χ2v) is 6.32. The van der Waals surface area contributed by atoms with E-state index >= 15 is 0 Å². The van der Waals surface area contributed by atoms with Crippen LogP contribution in [0.1, 0.15) is 24.0 Å². The lowest BCUT2D eigenvalue weighted by molar-refractivity contribution is -0.0515. The average Bonchev–Trinajstić information content (AvgIpc) is 3.41. The van der Waals surface area contributed by atoms with Gasteiger partial charge in [-0.25, -0.2) is 8.78 Å². The highest BCUT2D eigenvalue weighted by Crippen LogP contribution is 2.34. The normalized spacial score (nSPS) is 13.9. The summed E-state index contributed by atoms with van der Waals surface area (Å²) >= 11 is 0. The third-order valence-corrected chi connectivity index (χ3v) is 4.17. The molecule has 0 spiro atoms. The van der Waals surface area contributed by atoms with Gasteiger partial charge in [0.05, 0.1) is 6.61 Å². The summed E-state index contributed by atoms with van der Waals surface area (Å²) in [6, 6.07) is 6.75. The minimum Gasteiger partial charge on any atom is -0.503 e. The van der Waals surface area contributed by atoms with Gasteiger partial charge < -0.3 is 14.6 Å². The molecule has 3 rings (SSSR count). The number of hydrogen-bond donors (Lipinski definition) is 1. The fourth-order valence-electron chi connectivity index (χ4n) is 2.56. The molecule has 0 radical (unpaired) electrons. The number of halogens is 4. The van der Waals surface area contributed by atoms with Crippen LogP contribution in [0.3, 0.4) is 0 Å². The first-order valence-electron chi connectivity index (χ1n) is 8.30. The first-order chi connectivity index (χ1) is 12.4. The maximum absolute atomic E-state index is 13.4. The van der Waals surface area contributed by atoms with Crippen molar-refractivity contribution in [2.75, 3.05) is 6.61 Å². The van der Waals surface area contributed by atoms with Gasteiger partial charge in [0.15, 0.2) is 28.9 Å². The lowest BCUT2D eigenvalue weighted by Crippen LogP contribution is -2.06. The summed E-state index contributed by atoms with van der Waals surface area (Å²) in [6.07, 6.45) is 2.84. The van der Waals surface area contributed by atoms with Crippen molar-refractivity contribution in [2.24, 2.45) is 5.92 Å². The molecule has 2 aromatic rings.